The van der Waals surface area contributed by atoms with Crippen LogP contribution >= 0.6 is 11.3 Å². The fourth-order valence-electron chi connectivity index (χ4n) is 2.55. The summed E-state index contributed by atoms with van der Waals surface area (Å²) in [7, 11) is 0. The first-order valence-corrected chi connectivity index (χ1v) is 9.69. The van der Waals surface area contributed by atoms with Crippen LogP contribution in [0.3, 0.4) is 0 Å². The molecule has 2 rings (SSSR count). The summed E-state index contributed by atoms with van der Waals surface area (Å²) in [6, 6.07) is 0. The predicted octanol–water partition coefficient (Wildman–Crippen LogP) is 2.44. The van der Waals surface area contributed by atoms with Gasteiger partial charge < -0.3 is 19.9 Å². The number of carbonyl (C=O) groups excluding carboxylic acids is 1. The van der Waals surface area contributed by atoms with E-state index < -0.39 is 11.9 Å². The predicted molar refractivity (Wildman–Crippen MR) is 97.0 cm³/mol. The van der Waals surface area contributed by atoms with Gasteiger partial charge in [-0.2, -0.15) is 13.2 Å². The second-order valence-electron chi connectivity index (χ2n) is 5.78. The summed E-state index contributed by atoms with van der Waals surface area (Å²) in [6.45, 7) is 7.36. The Bertz CT molecular complexity index is 642. The molecule has 0 radical (unpaired) electrons. The Labute approximate surface area is 160 Å². The third-order valence-corrected chi connectivity index (χ3v) is 4.78. The zero-order valence-corrected chi connectivity index (χ0v) is 16.2. The van der Waals surface area contributed by atoms with E-state index >= 15 is 0 Å². The number of hydrogen-bond acceptors (Lipinski definition) is 5. The lowest BCUT2D eigenvalue weighted by molar-refractivity contribution is -0.140. The van der Waals surface area contributed by atoms with Crippen LogP contribution < -0.4 is 5.32 Å². The van der Waals surface area contributed by atoms with Crippen molar-refractivity contribution in [1.29, 1.82) is 0 Å². The molecule has 1 aliphatic heterocycles. The smallest absolute Gasteiger partial charge is 0.434 e. The number of nitrogens with one attached hydrogen (secondary N) is 1. The molecule has 1 aromatic heterocycles. The largest absolute Gasteiger partial charge is 0.450 e. The molecule has 1 saturated heterocycles. The number of hydrogen-bond donors (Lipinski definition) is 1. The Hall–Kier alpha value is -2.04. The molecule has 1 fully saturated rings. The van der Waals surface area contributed by atoms with Crippen LogP contribution in [0.4, 0.5) is 18.0 Å². The fourth-order valence-corrected chi connectivity index (χ4v) is 3.35. The van der Waals surface area contributed by atoms with Crippen LogP contribution in [0.15, 0.2) is 10.4 Å². The van der Waals surface area contributed by atoms with E-state index in [0.29, 0.717) is 63.3 Å². The van der Waals surface area contributed by atoms with Crippen LogP contribution in [-0.2, 0) is 17.3 Å². The van der Waals surface area contributed by atoms with Crippen LogP contribution in [0.5, 0.6) is 0 Å². The summed E-state index contributed by atoms with van der Waals surface area (Å²) in [4.78, 5) is 23.5. The maximum Gasteiger partial charge on any atom is 0.434 e. The topological polar surface area (TPSA) is 70.1 Å². The van der Waals surface area contributed by atoms with Gasteiger partial charge in [-0.05, 0) is 13.8 Å². The molecule has 1 aliphatic rings. The minimum Gasteiger partial charge on any atom is -0.450 e. The van der Waals surface area contributed by atoms with Crippen LogP contribution in [-0.4, -0.2) is 72.7 Å². The molecule has 1 amide bonds. The monoisotopic (exact) mass is 407 g/mol. The highest BCUT2D eigenvalue weighted by atomic mass is 32.1. The van der Waals surface area contributed by atoms with E-state index in [2.05, 4.69) is 15.3 Å². The number of nitrogens with zero attached hydrogens (tertiary/aromatic N) is 4. The molecule has 152 valence electrons. The Morgan fingerprint density at radius 2 is 1.96 bits per heavy atom. The van der Waals surface area contributed by atoms with E-state index in [-0.39, 0.29) is 6.09 Å². The molecule has 0 aliphatic carbocycles. The van der Waals surface area contributed by atoms with Gasteiger partial charge in [-0.15, -0.1) is 11.3 Å². The van der Waals surface area contributed by atoms with Crippen molar-refractivity contribution in [3.8, 4) is 0 Å². The molecule has 0 aromatic carbocycles. The lowest BCUT2D eigenvalue weighted by atomic mass is 10.3. The maximum atomic E-state index is 12.6. The van der Waals surface area contributed by atoms with Gasteiger partial charge in [0.15, 0.2) is 11.7 Å². The fraction of sp³-hybridized carbons (Fsp3) is 0.688. The Balaban J connectivity index is 1.89. The average molecular weight is 407 g/mol. The van der Waals surface area contributed by atoms with E-state index in [9.17, 15) is 18.0 Å². The number of guanidine groups is 1. The number of aliphatic imine (C=N–C) groups is 1. The molecule has 1 N–H and O–H groups in total. The third-order valence-electron chi connectivity index (χ3n) is 3.87. The van der Waals surface area contributed by atoms with E-state index in [1.54, 1.807) is 11.8 Å². The van der Waals surface area contributed by atoms with Crippen LogP contribution in [0.2, 0.25) is 0 Å². The van der Waals surface area contributed by atoms with Gasteiger partial charge >= 0.3 is 12.3 Å². The van der Waals surface area contributed by atoms with Gasteiger partial charge in [0, 0.05) is 51.1 Å². The lowest BCUT2D eigenvalue weighted by Gasteiger charge is -2.35. The average Bonchev–Trinajstić information content (AvgIpc) is 3.11. The molecule has 7 nitrogen and oxygen atoms in total. The van der Waals surface area contributed by atoms with Crippen LogP contribution in [0, 0.1) is 0 Å². The zero-order chi connectivity index (χ0) is 19.9. The van der Waals surface area contributed by atoms with Crippen molar-refractivity contribution in [2.45, 2.75) is 26.4 Å². The molecular weight excluding hydrogens is 383 g/mol. The van der Waals surface area contributed by atoms with Crippen molar-refractivity contribution in [3.05, 3.63) is 16.1 Å². The highest BCUT2D eigenvalue weighted by Gasteiger charge is 2.33. The highest BCUT2D eigenvalue weighted by molar-refractivity contribution is 7.09. The number of ether oxygens (including phenoxy) is 1. The summed E-state index contributed by atoms with van der Waals surface area (Å²) in [5, 5.41) is 4.62. The standard InChI is InChI=1S/C16H24F3N5O2S/c1-3-20-14(23-7-9-24(10-8-23)15(25)26-4-2)21-6-5-13-22-12(11-27-13)16(17,18)19/h11H,3-10H2,1-2H3,(H,20,21). The third kappa shape index (κ3) is 6.26. The first-order valence-electron chi connectivity index (χ1n) is 8.81. The summed E-state index contributed by atoms with van der Waals surface area (Å²) < 4.78 is 42.8. The molecule has 27 heavy (non-hydrogen) atoms. The van der Waals surface area contributed by atoms with Gasteiger partial charge in [-0.3, -0.25) is 4.99 Å². The summed E-state index contributed by atoms with van der Waals surface area (Å²) in [6.07, 6.45) is -4.38. The number of halogens is 3. The quantitative estimate of drug-likeness (QED) is 0.600. The van der Waals surface area contributed by atoms with Crippen LogP contribution in [0.25, 0.3) is 0 Å². The molecule has 2 heterocycles. The molecular formula is C16H24F3N5O2S. The minimum atomic E-state index is -4.41. The van der Waals surface area contributed by atoms with Gasteiger partial charge in [0.25, 0.3) is 0 Å². The number of aromatic nitrogens is 1. The van der Waals surface area contributed by atoms with E-state index in [1.165, 1.54) is 0 Å². The molecule has 0 saturated carbocycles. The van der Waals surface area contributed by atoms with Crippen molar-refractivity contribution in [1.82, 2.24) is 20.1 Å². The molecule has 0 unspecified atom stereocenters. The Morgan fingerprint density at radius 1 is 1.30 bits per heavy atom. The van der Waals surface area contributed by atoms with Gasteiger partial charge in [0.05, 0.1) is 11.6 Å². The highest BCUT2D eigenvalue weighted by Crippen LogP contribution is 2.30. The molecule has 0 bridgehead atoms. The van der Waals surface area contributed by atoms with Crippen molar-refractivity contribution in [2.75, 3.05) is 45.9 Å². The van der Waals surface area contributed by atoms with Gasteiger partial charge in [0.1, 0.15) is 0 Å². The van der Waals surface area contributed by atoms with Crippen molar-refractivity contribution >= 4 is 23.4 Å². The first kappa shape index (κ1) is 21.3. The molecule has 0 atom stereocenters. The Kier molecular flexibility index (Phi) is 7.69. The van der Waals surface area contributed by atoms with Crippen molar-refractivity contribution in [2.24, 2.45) is 4.99 Å². The van der Waals surface area contributed by atoms with Crippen molar-refractivity contribution in [3.63, 3.8) is 0 Å². The number of amides is 1. The number of alkyl halides is 3. The Morgan fingerprint density at radius 3 is 2.52 bits per heavy atom. The second kappa shape index (κ2) is 9.77. The second-order valence-corrected chi connectivity index (χ2v) is 6.73. The lowest BCUT2D eigenvalue weighted by Crippen LogP contribution is -2.54. The van der Waals surface area contributed by atoms with Crippen molar-refractivity contribution < 1.29 is 22.7 Å². The summed E-state index contributed by atoms with van der Waals surface area (Å²) in [5.74, 6) is 0.689. The van der Waals surface area contributed by atoms with Gasteiger partial charge in [-0.25, -0.2) is 9.78 Å². The summed E-state index contributed by atoms with van der Waals surface area (Å²) in [5.41, 5.74) is -0.853. The minimum absolute atomic E-state index is 0.316. The number of carbonyl (C=O) groups is 1. The summed E-state index contributed by atoms with van der Waals surface area (Å²) >= 11 is 0.993. The normalized spacial score (nSPS) is 15.8. The zero-order valence-electron chi connectivity index (χ0n) is 15.4. The molecule has 0 spiro atoms. The van der Waals surface area contributed by atoms with E-state index in [4.69, 9.17) is 4.74 Å². The van der Waals surface area contributed by atoms with Gasteiger partial charge in [-0.1, -0.05) is 0 Å². The van der Waals surface area contributed by atoms with Gasteiger partial charge in [0.2, 0.25) is 0 Å². The SMILES string of the molecule is CCNC(=NCCc1nc(C(F)(F)F)cs1)N1CCN(C(=O)OCC)CC1. The first-order chi connectivity index (χ1) is 12.8. The molecule has 1 aromatic rings. The number of piperazine rings is 1. The van der Waals surface area contributed by atoms with E-state index in [0.717, 1.165) is 16.7 Å². The maximum absolute atomic E-state index is 12.6. The number of thiazole rings is 1. The van der Waals surface area contributed by atoms with E-state index in [1.807, 2.05) is 11.8 Å². The number of rotatable bonds is 5. The molecule has 11 heteroatoms. The van der Waals surface area contributed by atoms with Crippen LogP contribution in [0.1, 0.15) is 24.5 Å².